The van der Waals surface area contributed by atoms with Crippen molar-refractivity contribution in [2.75, 3.05) is 38.1 Å². The van der Waals surface area contributed by atoms with Crippen LogP contribution in [0.4, 0.5) is 5.69 Å². The van der Waals surface area contributed by atoms with Crippen LogP contribution in [-0.2, 0) is 6.42 Å². The summed E-state index contributed by atoms with van der Waals surface area (Å²) in [7, 11) is 2.16. The van der Waals surface area contributed by atoms with Crippen molar-refractivity contribution in [2.24, 2.45) is 0 Å². The second-order valence-electron chi connectivity index (χ2n) is 7.68. The Morgan fingerprint density at radius 1 is 1.14 bits per heavy atom. The van der Waals surface area contributed by atoms with Crippen molar-refractivity contribution in [2.45, 2.75) is 19.8 Å². The fourth-order valence-electron chi connectivity index (χ4n) is 3.92. The molecule has 150 valence electrons. The van der Waals surface area contributed by atoms with Crippen LogP contribution in [0, 0.1) is 0 Å². The van der Waals surface area contributed by atoms with Crippen LogP contribution in [-0.4, -0.2) is 47.5 Å². The highest BCUT2D eigenvalue weighted by Gasteiger charge is 2.16. The van der Waals surface area contributed by atoms with Crippen LogP contribution in [0.15, 0.2) is 45.9 Å². The van der Waals surface area contributed by atoms with Crippen LogP contribution < -0.4 is 10.5 Å². The Morgan fingerprint density at radius 3 is 2.86 bits per heavy atom. The molecule has 0 saturated carbocycles. The number of hydrogen-bond acceptors (Lipinski definition) is 6. The first-order valence-corrected chi connectivity index (χ1v) is 10.9. The molecule has 5 rings (SSSR count). The molecule has 0 spiro atoms. The minimum atomic E-state index is -0.341. The standard InChI is InChI=1S/C22H24N4O2S/c1-3-17-13-26-14-19(23-22(26)29-17)18-11-15-5-6-16(12-20(15)28-21(18)27)25-8-4-7-24(2)9-10-25/h5-6,11-14H,3-4,7-10H2,1-2H3. The zero-order valence-electron chi connectivity index (χ0n) is 16.7. The average molecular weight is 409 g/mol. The van der Waals surface area contributed by atoms with E-state index in [1.54, 1.807) is 11.3 Å². The second kappa shape index (κ2) is 7.31. The molecule has 1 aromatic carbocycles. The third kappa shape index (κ3) is 3.45. The molecule has 0 amide bonds. The molecule has 0 radical (unpaired) electrons. The third-order valence-corrected chi connectivity index (χ3v) is 6.77. The van der Waals surface area contributed by atoms with E-state index in [-0.39, 0.29) is 5.63 Å². The number of aromatic nitrogens is 2. The molecule has 1 fully saturated rings. The Kier molecular flexibility index (Phi) is 4.64. The van der Waals surface area contributed by atoms with Crippen molar-refractivity contribution in [1.82, 2.24) is 14.3 Å². The van der Waals surface area contributed by atoms with Gasteiger partial charge in [0, 0.05) is 54.0 Å². The number of nitrogens with zero attached hydrogens (tertiary/aromatic N) is 4. The summed E-state index contributed by atoms with van der Waals surface area (Å²) in [5.41, 5.74) is 2.57. The maximum absolute atomic E-state index is 12.7. The molecule has 0 bridgehead atoms. The van der Waals surface area contributed by atoms with Gasteiger partial charge in [0.25, 0.3) is 0 Å². The minimum absolute atomic E-state index is 0.341. The van der Waals surface area contributed by atoms with Crippen molar-refractivity contribution in [3.8, 4) is 11.3 Å². The van der Waals surface area contributed by atoms with Gasteiger partial charge in [-0.15, -0.1) is 11.3 Å². The molecule has 3 aromatic heterocycles. The Hall–Kier alpha value is -2.64. The number of fused-ring (bicyclic) bond motifs is 2. The lowest BCUT2D eigenvalue weighted by Crippen LogP contribution is -2.28. The molecule has 7 heteroatoms. The molecule has 1 saturated heterocycles. The first kappa shape index (κ1) is 18.4. The topological polar surface area (TPSA) is 54.0 Å². The molecule has 0 atom stereocenters. The van der Waals surface area contributed by atoms with E-state index >= 15 is 0 Å². The van der Waals surface area contributed by atoms with Crippen LogP contribution in [0.2, 0.25) is 0 Å². The van der Waals surface area contributed by atoms with Gasteiger partial charge in [-0.25, -0.2) is 9.78 Å². The van der Waals surface area contributed by atoms with E-state index < -0.39 is 0 Å². The second-order valence-corrected chi connectivity index (χ2v) is 8.77. The number of rotatable bonds is 3. The summed E-state index contributed by atoms with van der Waals surface area (Å²) in [5.74, 6) is 0. The van der Waals surface area contributed by atoms with Crippen LogP contribution >= 0.6 is 11.3 Å². The fraction of sp³-hybridized carbons (Fsp3) is 0.364. The van der Waals surface area contributed by atoms with Crippen LogP contribution in [0.25, 0.3) is 27.2 Å². The van der Waals surface area contributed by atoms with E-state index in [1.165, 1.54) is 4.88 Å². The third-order valence-electron chi connectivity index (χ3n) is 5.63. The molecule has 0 N–H and O–H groups in total. The van der Waals surface area contributed by atoms with Crippen molar-refractivity contribution < 1.29 is 4.42 Å². The Labute approximate surface area is 173 Å². The van der Waals surface area contributed by atoms with E-state index in [0.29, 0.717) is 16.8 Å². The SMILES string of the molecule is CCc1cn2cc(-c3cc4ccc(N5CCCN(C)CC5)cc4oc3=O)nc2s1. The average Bonchev–Trinajstić information content (AvgIpc) is 3.20. The first-order valence-electron chi connectivity index (χ1n) is 10.1. The van der Waals surface area contributed by atoms with Gasteiger partial charge in [-0.05, 0) is 44.6 Å². The Bertz CT molecular complexity index is 1210. The summed E-state index contributed by atoms with van der Waals surface area (Å²) in [6.07, 6.45) is 6.10. The monoisotopic (exact) mass is 408 g/mol. The lowest BCUT2D eigenvalue weighted by atomic mass is 10.1. The number of thiazole rings is 1. The van der Waals surface area contributed by atoms with Crippen LogP contribution in [0.3, 0.4) is 0 Å². The van der Waals surface area contributed by atoms with Gasteiger partial charge in [-0.2, -0.15) is 0 Å². The van der Waals surface area contributed by atoms with Gasteiger partial charge in [0.2, 0.25) is 0 Å². The predicted octanol–water partition coefficient (Wildman–Crippen LogP) is 3.87. The summed E-state index contributed by atoms with van der Waals surface area (Å²) in [5, 5.41) is 0.917. The van der Waals surface area contributed by atoms with Gasteiger partial charge >= 0.3 is 5.63 Å². The summed E-state index contributed by atoms with van der Waals surface area (Å²) >= 11 is 1.65. The normalized spacial score (nSPS) is 16.0. The lowest BCUT2D eigenvalue weighted by Gasteiger charge is -2.22. The van der Waals surface area contributed by atoms with Crippen molar-refractivity contribution in [3.05, 3.63) is 52.0 Å². The van der Waals surface area contributed by atoms with E-state index in [9.17, 15) is 4.79 Å². The maximum Gasteiger partial charge on any atom is 0.345 e. The summed E-state index contributed by atoms with van der Waals surface area (Å²) in [4.78, 5) is 24.2. The van der Waals surface area contributed by atoms with Crippen molar-refractivity contribution in [3.63, 3.8) is 0 Å². The van der Waals surface area contributed by atoms with E-state index in [1.807, 2.05) is 28.8 Å². The van der Waals surface area contributed by atoms with E-state index in [0.717, 1.165) is 55.1 Å². The van der Waals surface area contributed by atoms with Gasteiger partial charge in [-0.3, -0.25) is 4.40 Å². The molecule has 0 aliphatic carbocycles. The predicted molar refractivity (Wildman–Crippen MR) is 118 cm³/mol. The molecule has 0 unspecified atom stereocenters. The minimum Gasteiger partial charge on any atom is -0.422 e. The highest BCUT2D eigenvalue weighted by Crippen LogP contribution is 2.27. The molecule has 1 aliphatic heterocycles. The summed E-state index contributed by atoms with van der Waals surface area (Å²) < 4.78 is 7.70. The zero-order chi connectivity index (χ0) is 20.0. The quantitative estimate of drug-likeness (QED) is 0.482. The van der Waals surface area contributed by atoms with Gasteiger partial charge in [0.15, 0.2) is 4.96 Å². The molecule has 4 aromatic rings. The van der Waals surface area contributed by atoms with Gasteiger partial charge < -0.3 is 14.2 Å². The highest BCUT2D eigenvalue weighted by molar-refractivity contribution is 7.17. The number of hydrogen-bond donors (Lipinski definition) is 0. The van der Waals surface area contributed by atoms with Crippen LogP contribution in [0.5, 0.6) is 0 Å². The fourth-order valence-corrected chi connectivity index (χ4v) is 4.82. The number of aryl methyl sites for hydroxylation is 1. The molecule has 4 heterocycles. The maximum atomic E-state index is 12.7. The number of anilines is 1. The summed E-state index contributed by atoms with van der Waals surface area (Å²) in [6, 6.07) is 8.05. The molecule has 1 aliphatic rings. The van der Waals surface area contributed by atoms with Gasteiger partial charge in [-0.1, -0.05) is 6.92 Å². The zero-order valence-corrected chi connectivity index (χ0v) is 17.5. The Balaban J connectivity index is 1.50. The summed E-state index contributed by atoms with van der Waals surface area (Å²) in [6.45, 7) is 6.28. The van der Waals surface area contributed by atoms with Gasteiger partial charge in [0.1, 0.15) is 5.58 Å². The van der Waals surface area contributed by atoms with Gasteiger partial charge in [0.05, 0.1) is 11.3 Å². The first-order chi connectivity index (χ1) is 14.1. The number of imidazole rings is 1. The van der Waals surface area contributed by atoms with E-state index in [2.05, 4.69) is 41.0 Å². The smallest absolute Gasteiger partial charge is 0.345 e. The van der Waals surface area contributed by atoms with Crippen LogP contribution in [0.1, 0.15) is 18.2 Å². The molecule has 6 nitrogen and oxygen atoms in total. The Morgan fingerprint density at radius 2 is 2.03 bits per heavy atom. The molecular formula is C22H24N4O2S. The molecular weight excluding hydrogens is 384 g/mol. The van der Waals surface area contributed by atoms with Crippen molar-refractivity contribution in [1.29, 1.82) is 0 Å². The van der Waals surface area contributed by atoms with Crippen molar-refractivity contribution >= 4 is 33.0 Å². The largest absolute Gasteiger partial charge is 0.422 e. The number of benzene rings is 1. The molecule has 29 heavy (non-hydrogen) atoms. The lowest BCUT2D eigenvalue weighted by molar-refractivity contribution is 0.360. The number of likely N-dealkylation sites (N-methyl/N-ethyl adjacent to an activating group) is 1. The highest BCUT2D eigenvalue weighted by atomic mass is 32.1. The van der Waals surface area contributed by atoms with E-state index in [4.69, 9.17) is 4.42 Å².